The van der Waals surface area contributed by atoms with Gasteiger partial charge in [0.2, 0.25) is 5.91 Å². The maximum atomic E-state index is 12.5. The van der Waals surface area contributed by atoms with Gasteiger partial charge in [0, 0.05) is 19.3 Å². The Morgan fingerprint density at radius 1 is 1.35 bits per heavy atom. The number of carbonyl (C=O) groups excluding carboxylic acids is 1. The largest absolute Gasteiger partial charge is 0.416 e. The third-order valence-corrected chi connectivity index (χ3v) is 3.38. The first kappa shape index (κ1) is 19.4. The summed E-state index contributed by atoms with van der Waals surface area (Å²) >= 11 is 0. The van der Waals surface area contributed by atoms with Crippen LogP contribution in [0.15, 0.2) is 24.3 Å². The van der Waals surface area contributed by atoms with Crippen LogP contribution in [0.5, 0.6) is 0 Å². The second kappa shape index (κ2) is 8.28. The molecule has 1 rings (SSSR count). The van der Waals surface area contributed by atoms with Gasteiger partial charge in [0.1, 0.15) is 0 Å². The zero-order valence-corrected chi connectivity index (χ0v) is 13.2. The zero-order valence-electron chi connectivity index (χ0n) is 13.2. The highest BCUT2D eigenvalue weighted by atomic mass is 19.4. The number of likely N-dealkylation sites (N-methyl/N-ethyl adjacent to an activating group) is 1. The van der Waals surface area contributed by atoms with E-state index in [4.69, 9.17) is 4.74 Å². The minimum atomic E-state index is -4.41. The van der Waals surface area contributed by atoms with Gasteiger partial charge in [-0.3, -0.25) is 9.69 Å². The number of rotatable bonds is 7. The molecule has 130 valence electrons. The molecule has 2 atom stereocenters. The standard InChI is InChI=1S/C15H21F3N2O3/c1-10(20(2)8-13(21)9-23-3)14(22)19-12-6-4-11(5-7-12)15(16,17)18/h4-7,10,13,21H,8-9H2,1-3H3,(H,19,22). The van der Waals surface area contributed by atoms with E-state index in [0.717, 1.165) is 12.1 Å². The number of nitrogens with zero attached hydrogens (tertiary/aromatic N) is 1. The molecule has 0 radical (unpaired) electrons. The molecule has 0 spiro atoms. The summed E-state index contributed by atoms with van der Waals surface area (Å²) in [7, 11) is 3.12. The van der Waals surface area contributed by atoms with Gasteiger partial charge in [-0.1, -0.05) is 0 Å². The van der Waals surface area contributed by atoms with E-state index < -0.39 is 23.9 Å². The van der Waals surface area contributed by atoms with Crippen LogP contribution in [-0.2, 0) is 15.7 Å². The van der Waals surface area contributed by atoms with Gasteiger partial charge in [0.05, 0.1) is 24.3 Å². The van der Waals surface area contributed by atoms with Crippen molar-refractivity contribution >= 4 is 11.6 Å². The number of benzene rings is 1. The van der Waals surface area contributed by atoms with Crippen molar-refractivity contribution < 1.29 is 27.8 Å². The molecule has 0 fully saturated rings. The lowest BCUT2D eigenvalue weighted by atomic mass is 10.2. The number of anilines is 1. The van der Waals surface area contributed by atoms with E-state index in [0.29, 0.717) is 0 Å². The van der Waals surface area contributed by atoms with E-state index in [1.54, 1.807) is 18.9 Å². The Morgan fingerprint density at radius 2 is 1.91 bits per heavy atom. The first-order valence-electron chi connectivity index (χ1n) is 7.00. The van der Waals surface area contributed by atoms with Gasteiger partial charge in [-0.05, 0) is 38.2 Å². The Bertz CT molecular complexity index is 506. The minimum Gasteiger partial charge on any atom is -0.389 e. The van der Waals surface area contributed by atoms with Crippen LogP contribution in [0, 0.1) is 0 Å². The lowest BCUT2D eigenvalue weighted by Crippen LogP contribution is -2.44. The number of aliphatic hydroxyl groups excluding tert-OH is 1. The van der Waals surface area contributed by atoms with E-state index >= 15 is 0 Å². The average molecular weight is 334 g/mol. The molecule has 1 aromatic rings. The maximum Gasteiger partial charge on any atom is 0.416 e. The first-order chi connectivity index (χ1) is 10.6. The van der Waals surface area contributed by atoms with Crippen molar-refractivity contribution in [3.63, 3.8) is 0 Å². The molecule has 1 aromatic carbocycles. The Morgan fingerprint density at radius 3 is 2.39 bits per heavy atom. The first-order valence-corrected chi connectivity index (χ1v) is 7.00. The second-order valence-electron chi connectivity index (χ2n) is 5.29. The van der Waals surface area contributed by atoms with Gasteiger partial charge in [0.25, 0.3) is 0 Å². The highest BCUT2D eigenvalue weighted by molar-refractivity contribution is 5.94. The number of carbonyl (C=O) groups is 1. The molecular weight excluding hydrogens is 313 g/mol. The third-order valence-electron chi connectivity index (χ3n) is 3.38. The van der Waals surface area contributed by atoms with Gasteiger partial charge in [-0.25, -0.2) is 0 Å². The van der Waals surface area contributed by atoms with Crippen molar-refractivity contribution in [3.8, 4) is 0 Å². The Labute approximate surface area is 133 Å². The van der Waals surface area contributed by atoms with Crippen LogP contribution in [0.3, 0.4) is 0 Å². The monoisotopic (exact) mass is 334 g/mol. The fourth-order valence-corrected chi connectivity index (χ4v) is 1.93. The SMILES string of the molecule is COCC(O)CN(C)C(C)C(=O)Nc1ccc(C(F)(F)F)cc1. The molecule has 2 unspecified atom stereocenters. The van der Waals surface area contributed by atoms with E-state index in [-0.39, 0.29) is 24.7 Å². The average Bonchev–Trinajstić information content (AvgIpc) is 2.46. The Hall–Kier alpha value is -1.64. The van der Waals surface area contributed by atoms with Crippen LogP contribution in [-0.4, -0.2) is 55.4 Å². The number of alkyl halides is 3. The predicted octanol–water partition coefficient (Wildman–Crippen LogP) is 1.97. The van der Waals surface area contributed by atoms with Crippen molar-refractivity contribution in [1.82, 2.24) is 4.90 Å². The van der Waals surface area contributed by atoms with Crippen molar-refractivity contribution in [1.29, 1.82) is 0 Å². The van der Waals surface area contributed by atoms with E-state index in [1.165, 1.54) is 19.2 Å². The Kier molecular flexibility index (Phi) is 6.99. The predicted molar refractivity (Wildman–Crippen MR) is 80.0 cm³/mol. The smallest absolute Gasteiger partial charge is 0.389 e. The fraction of sp³-hybridized carbons (Fsp3) is 0.533. The van der Waals surface area contributed by atoms with Crippen LogP contribution in [0.1, 0.15) is 12.5 Å². The van der Waals surface area contributed by atoms with Crippen molar-refractivity contribution in [2.75, 3.05) is 32.6 Å². The highest BCUT2D eigenvalue weighted by Crippen LogP contribution is 2.29. The second-order valence-corrected chi connectivity index (χ2v) is 5.29. The summed E-state index contributed by atoms with van der Waals surface area (Å²) in [6, 6.07) is 3.66. The molecule has 0 aromatic heterocycles. The van der Waals surface area contributed by atoms with Gasteiger partial charge < -0.3 is 15.2 Å². The summed E-state index contributed by atoms with van der Waals surface area (Å²) in [5.74, 6) is -0.378. The summed E-state index contributed by atoms with van der Waals surface area (Å²) in [5, 5.41) is 12.2. The minimum absolute atomic E-state index is 0.150. The number of amides is 1. The molecule has 23 heavy (non-hydrogen) atoms. The number of methoxy groups -OCH3 is 1. The number of ether oxygens (including phenoxy) is 1. The highest BCUT2D eigenvalue weighted by Gasteiger charge is 2.30. The third kappa shape index (κ3) is 6.17. The molecular formula is C15H21F3N2O3. The van der Waals surface area contributed by atoms with Crippen LogP contribution in [0.2, 0.25) is 0 Å². The van der Waals surface area contributed by atoms with Crippen LogP contribution < -0.4 is 5.32 Å². The molecule has 0 heterocycles. The lowest BCUT2D eigenvalue weighted by Gasteiger charge is -2.26. The number of hydrogen-bond acceptors (Lipinski definition) is 4. The molecule has 0 saturated carbocycles. The van der Waals surface area contributed by atoms with Gasteiger partial charge in [-0.15, -0.1) is 0 Å². The van der Waals surface area contributed by atoms with Gasteiger partial charge >= 0.3 is 6.18 Å². The zero-order chi connectivity index (χ0) is 17.6. The lowest BCUT2D eigenvalue weighted by molar-refractivity contribution is -0.137. The van der Waals surface area contributed by atoms with Gasteiger partial charge in [-0.2, -0.15) is 13.2 Å². The summed E-state index contributed by atoms with van der Waals surface area (Å²) < 4.78 is 42.2. The number of nitrogens with one attached hydrogen (secondary N) is 1. The number of hydrogen-bond donors (Lipinski definition) is 2. The number of aliphatic hydroxyl groups is 1. The fourth-order valence-electron chi connectivity index (χ4n) is 1.93. The summed E-state index contributed by atoms with van der Waals surface area (Å²) in [5.41, 5.74) is -0.496. The Balaban J connectivity index is 2.61. The molecule has 0 bridgehead atoms. The van der Waals surface area contributed by atoms with Crippen molar-refractivity contribution in [2.24, 2.45) is 0 Å². The summed E-state index contributed by atoms with van der Waals surface area (Å²) in [6.07, 6.45) is -5.14. The van der Waals surface area contributed by atoms with Crippen molar-refractivity contribution in [3.05, 3.63) is 29.8 Å². The van der Waals surface area contributed by atoms with E-state index in [9.17, 15) is 23.1 Å². The van der Waals surface area contributed by atoms with Crippen molar-refractivity contribution in [2.45, 2.75) is 25.2 Å². The molecule has 0 saturated heterocycles. The van der Waals surface area contributed by atoms with Gasteiger partial charge in [0.15, 0.2) is 0 Å². The van der Waals surface area contributed by atoms with Crippen LogP contribution >= 0.6 is 0 Å². The van der Waals surface area contributed by atoms with E-state index in [1.807, 2.05) is 0 Å². The molecule has 2 N–H and O–H groups in total. The van der Waals surface area contributed by atoms with Crippen LogP contribution in [0.25, 0.3) is 0 Å². The molecule has 8 heteroatoms. The normalized spacial score (nSPS) is 14.6. The summed E-state index contributed by atoms with van der Waals surface area (Å²) in [4.78, 5) is 13.7. The summed E-state index contributed by atoms with van der Waals surface area (Å²) in [6.45, 7) is 2.02. The quantitative estimate of drug-likeness (QED) is 0.800. The topological polar surface area (TPSA) is 61.8 Å². The molecule has 0 aliphatic heterocycles. The van der Waals surface area contributed by atoms with E-state index in [2.05, 4.69) is 5.32 Å². The van der Waals surface area contributed by atoms with Crippen LogP contribution in [0.4, 0.5) is 18.9 Å². The molecule has 0 aliphatic rings. The molecule has 5 nitrogen and oxygen atoms in total. The molecule has 1 amide bonds. The maximum absolute atomic E-state index is 12.5. The number of halogens is 3. The molecule has 0 aliphatic carbocycles.